The standard InChI is InChI=1S/C24H19F2N5O2/c25-24(26)11-19(12-27)31(15-24)22(32)14-30-23(33)20-7-9-28-13-18(20)5-3-16-4-6-21-17(10-16)2-1-8-29-21/h1-10,13,19H,11,14-15H2,(H,30,33)/b5-3+. The molecule has 1 aromatic carbocycles. The van der Waals surface area contributed by atoms with Crippen molar-refractivity contribution in [1.82, 2.24) is 20.2 Å². The van der Waals surface area contributed by atoms with Gasteiger partial charge in [0.05, 0.1) is 24.7 Å². The third kappa shape index (κ3) is 5.01. The Hall–Kier alpha value is -4.19. The number of hydrogen-bond donors (Lipinski definition) is 1. The van der Waals surface area contributed by atoms with Crippen molar-refractivity contribution in [1.29, 1.82) is 5.26 Å². The van der Waals surface area contributed by atoms with Gasteiger partial charge in [-0.05, 0) is 29.8 Å². The van der Waals surface area contributed by atoms with Crippen molar-refractivity contribution in [3.8, 4) is 6.07 Å². The van der Waals surface area contributed by atoms with Gasteiger partial charge < -0.3 is 10.2 Å². The molecule has 2 aromatic heterocycles. The number of nitriles is 1. The lowest BCUT2D eigenvalue weighted by atomic mass is 10.1. The Bertz CT molecular complexity index is 1290. The summed E-state index contributed by atoms with van der Waals surface area (Å²) < 4.78 is 27.1. The first kappa shape index (κ1) is 22.0. The summed E-state index contributed by atoms with van der Waals surface area (Å²) in [5.41, 5.74) is 2.57. The molecule has 9 heteroatoms. The number of likely N-dealkylation sites (tertiary alicyclic amines) is 1. The molecular weight excluding hydrogens is 428 g/mol. The number of halogens is 2. The lowest BCUT2D eigenvalue weighted by Crippen LogP contribution is -2.43. The molecule has 0 saturated carbocycles. The van der Waals surface area contributed by atoms with Crippen LogP contribution in [-0.4, -0.2) is 51.7 Å². The fraction of sp³-hybridized carbons (Fsp3) is 0.208. The van der Waals surface area contributed by atoms with Crippen LogP contribution in [0.3, 0.4) is 0 Å². The number of alkyl halides is 2. The SMILES string of the molecule is N#CC1CC(F)(F)CN1C(=O)CNC(=O)c1ccncc1/C=C/c1ccc2ncccc2c1. The molecule has 1 atom stereocenters. The summed E-state index contributed by atoms with van der Waals surface area (Å²) >= 11 is 0. The second-order valence-corrected chi connectivity index (χ2v) is 7.66. The highest BCUT2D eigenvalue weighted by Gasteiger charge is 2.47. The van der Waals surface area contributed by atoms with Crippen LogP contribution < -0.4 is 5.32 Å². The van der Waals surface area contributed by atoms with Crippen LogP contribution in [0.4, 0.5) is 8.78 Å². The molecule has 1 unspecified atom stereocenters. The third-order valence-corrected chi connectivity index (χ3v) is 5.32. The van der Waals surface area contributed by atoms with E-state index in [9.17, 15) is 18.4 Å². The number of hydrogen-bond acceptors (Lipinski definition) is 5. The quantitative estimate of drug-likeness (QED) is 0.647. The molecule has 1 aliphatic rings. The van der Waals surface area contributed by atoms with Gasteiger partial charge in [0, 0.05) is 41.5 Å². The van der Waals surface area contributed by atoms with Crippen LogP contribution in [0.5, 0.6) is 0 Å². The van der Waals surface area contributed by atoms with E-state index < -0.39 is 43.3 Å². The fourth-order valence-electron chi connectivity index (χ4n) is 3.68. The van der Waals surface area contributed by atoms with E-state index in [1.165, 1.54) is 18.5 Å². The largest absolute Gasteiger partial charge is 0.343 e. The van der Waals surface area contributed by atoms with Crippen LogP contribution in [0.1, 0.15) is 27.9 Å². The average molecular weight is 447 g/mol. The number of carbonyl (C=O) groups is 2. The zero-order valence-corrected chi connectivity index (χ0v) is 17.4. The number of nitrogens with one attached hydrogen (secondary N) is 1. The second kappa shape index (κ2) is 9.12. The molecule has 0 radical (unpaired) electrons. The van der Waals surface area contributed by atoms with Crippen molar-refractivity contribution in [3.63, 3.8) is 0 Å². The van der Waals surface area contributed by atoms with Gasteiger partial charge >= 0.3 is 0 Å². The minimum absolute atomic E-state index is 0.278. The van der Waals surface area contributed by atoms with Crippen LogP contribution in [-0.2, 0) is 4.79 Å². The molecule has 3 heterocycles. The molecule has 33 heavy (non-hydrogen) atoms. The summed E-state index contributed by atoms with van der Waals surface area (Å²) in [6.45, 7) is -1.32. The van der Waals surface area contributed by atoms with E-state index in [0.717, 1.165) is 21.4 Å². The van der Waals surface area contributed by atoms with Crippen molar-refractivity contribution in [2.45, 2.75) is 18.4 Å². The Morgan fingerprint density at radius 1 is 1.24 bits per heavy atom. The Morgan fingerprint density at radius 2 is 2.09 bits per heavy atom. The summed E-state index contributed by atoms with van der Waals surface area (Å²) in [5, 5.41) is 12.5. The van der Waals surface area contributed by atoms with E-state index in [-0.39, 0.29) is 5.56 Å². The smallest absolute Gasteiger partial charge is 0.268 e. The molecule has 2 amide bonds. The molecule has 1 saturated heterocycles. The average Bonchev–Trinajstić information content (AvgIpc) is 3.15. The van der Waals surface area contributed by atoms with E-state index in [1.807, 2.05) is 36.4 Å². The number of fused-ring (bicyclic) bond motifs is 1. The lowest BCUT2D eigenvalue weighted by molar-refractivity contribution is -0.131. The first-order valence-corrected chi connectivity index (χ1v) is 10.2. The summed E-state index contributed by atoms with van der Waals surface area (Å²) in [6.07, 6.45) is 7.54. The molecule has 166 valence electrons. The van der Waals surface area contributed by atoms with Crippen LogP contribution in [0.2, 0.25) is 0 Å². The number of pyridine rings is 2. The number of benzene rings is 1. The molecule has 0 aliphatic carbocycles. The molecule has 1 fully saturated rings. The van der Waals surface area contributed by atoms with Gasteiger partial charge in [0.1, 0.15) is 6.04 Å². The van der Waals surface area contributed by atoms with Crippen LogP contribution >= 0.6 is 0 Å². The van der Waals surface area contributed by atoms with Crippen LogP contribution in [0.15, 0.2) is 55.0 Å². The van der Waals surface area contributed by atoms with Crippen LogP contribution in [0, 0.1) is 11.3 Å². The van der Waals surface area contributed by atoms with E-state index in [2.05, 4.69) is 15.3 Å². The molecule has 0 bridgehead atoms. The summed E-state index contributed by atoms with van der Waals surface area (Å²) in [7, 11) is 0. The van der Waals surface area contributed by atoms with Crippen molar-refractivity contribution in [3.05, 3.63) is 71.7 Å². The van der Waals surface area contributed by atoms with Crippen molar-refractivity contribution in [2.75, 3.05) is 13.1 Å². The predicted molar refractivity (Wildman–Crippen MR) is 118 cm³/mol. The molecule has 4 rings (SSSR count). The molecular formula is C24H19F2N5O2. The Balaban J connectivity index is 1.45. The second-order valence-electron chi connectivity index (χ2n) is 7.66. The van der Waals surface area contributed by atoms with Crippen molar-refractivity contribution in [2.24, 2.45) is 0 Å². The van der Waals surface area contributed by atoms with Gasteiger partial charge in [0.15, 0.2) is 0 Å². The van der Waals surface area contributed by atoms with E-state index in [0.29, 0.717) is 5.56 Å². The maximum atomic E-state index is 13.6. The molecule has 0 spiro atoms. The van der Waals surface area contributed by atoms with Crippen LogP contribution in [0.25, 0.3) is 23.1 Å². The van der Waals surface area contributed by atoms with Gasteiger partial charge in [-0.2, -0.15) is 5.26 Å². The first-order valence-electron chi connectivity index (χ1n) is 10.2. The summed E-state index contributed by atoms with van der Waals surface area (Å²) in [4.78, 5) is 34.2. The Morgan fingerprint density at radius 3 is 2.91 bits per heavy atom. The monoisotopic (exact) mass is 447 g/mol. The topological polar surface area (TPSA) is 99.0 Å². The van der Waals surface area contributed by atoms with Gasteiger partial charge in [-0.1, -0.05) is 24.3 Å². The lowest BCUT2D eigenvalue weighted by Gasteiger charge is -2.19. The minimum Gasteiger partial charge on any atom is -0.343 e. The first-order chi connectivity index (χ1) is 15.9. The highest BCUT2D eigenvalue weighted by Crippen LogP contribution is 2.31. The number of carbonyl (C=O) groups excluding carboxylic acids is 2. The Kier molecular flexibility index (Phi) is 6.09. The summed E-state index contributed by atoms with van der Waals surface area (Å²) in [5.74, 6) is -4.39. The number of aromatic nitrogens is 2. The minimum atomic E-state index is -3.11. The highest BCUT2D eigenvalue weighted by molar-refractivity contribution is 6.00. The van der Waals surface area contributed by atoms with Gasteiger partial charge in [-0.25, -0.2) is 8.78 Å². The van der Waals surface area contributed by atoms with E-state index in [1.54, 1.807) is 18.3 Å². The maximum Gasteiger partial charge on any atom is 0.268 e. The van der Waals surface area contributed by atoms with Gasteiger partial charge in [-0.15, -0.1) is 0 Å². The predicted octanol–water partition coefficient (Wildman–Crippen LogP) is 3.29. The molecule has 7 nitrogen and oxygen atoms in total. The number of nitrogens with zero attached hydrogens (tertiary/aromatic N) is 4. The zero-order chi connectivity index (χ0) is 23.4. The molecule has 3 aromatic rings. The maximum absolute atomic E-state index is 13.6. The summed E-state index contributed by atoms with van der Waals surface area (Å²) in [6, 6.07) is 11.6. The van der Waals surface area contributed by atoms with E-state index >= 15 is 0 Å². The van der Waals surface area contributed by atoms with Gasteiger partial charge in [-0.3, -0.25) is 19.6 Å². The molecule has 1 aliphatic heterocycles. The number of rotatable bonds is 5. The third-order valence-electron chi connectivity index (χ3n) is 5.32. The highest BCUT2D eigenvalue weighted by atomic mass is 19.3. The van der Waals surface area contributed by atoms with E-state index in [4.69, 9.17) is 5.26 Å². The van der Waals surface area contributed by atoms with Crippen molar-refractivity contribution >= 4 is 34.9 Å². The van der Waals surface area contributed by atoms with Gasteiger partial charge in [0.25, 0.3) is 11.8 Å². The molecule has 1 N–H and O–H groups in total. The van der Waals surface area contributed by atoms with Gasteiger partial charge in [0.2, 0.25) is 5.91 Å². The Labute approximate surface area is 188 Å². The zero-order valence-electron chi connectivity index (χ0n) is 17.4. The fourth-order valence-corrected chi connectivity index (χ4v) is 3.68. The number of amides is 2. The normalized spacial score (nSPS) is 17.2. The van der Waals surface area contributed by atoms with Crippen molar-refractivity contribution < 1.29 is 18.4 Å².